The van der Waals surface area contributed by atoms with Crippen molar-refractivity contribution in [2.24, 2.45) is 10.2 Å². The summed E-state index contributed by atoms with van der Waals surface area (Å²) in [6.07, 6.45) is 0.613. The highest BCUT2D eigenvalue weighted by atomic mass is 32.1. The fraction of sp³-hybridized carbons (Fsp3) is 0.0968. The van der Waals surface area contributed by atoms with Gasteiger partial charge in [0.1, 0.15) is 35.2 Å². The van der Waals surface area contributed by atoms with Crippen molar-refractivity contribution in [3.05, 3.63) is 121 Å². The van der Waals surface area contributed by atoms with E-state index in [1.165, 1.54) is 15.9 Å². The number of nitrogens with zero attached hydrogens (tertiary/aromatic N) is 2. The zero-order valence-electron chi connectivity index (χ0n) is 22.9. The topological polar surface area (TPSA) is 98.9 Å². The number of rotatable bonds is 9. The van der Waals surface area contributed by atoms with Gasteiger partial charge in [0, 0.05) is 18.3 Å². The first-order valence-electron chi connectivity index (χ1n) is 13.0. The van der Waals surface area contributed by atoms with E-state index in [0.717, 1.165) is 5.56 Å². The van der Waals surface area contributed by atoms with E-state index in [1.54, 1.807) is 7.05 Å². The van der Waals surface area contributed by atoms with E-state index < -0.39 is 7.26 Å². The molecule has 4 aromatic carbocycles. The monoisotopic (exact) mass is 598 g/mol. The quantitative estimate of drug-likeness (QED) is 0.0657. The molecule has 0 bridgehead atoms. The van der Waals surface area contributed by atoms with Crippen LogP contribution in [0.2, 0.25) is 0 Å². The van der Waals surface area contributed by atoms with E-state index in [1.807, 2.05) is 49.4 Å². The zero-order chi connectivity index (χ0) is 29.1. The molecular formula is C31H33N7PS2+. The van der Waals surface area contributed by atoms with Gasteiger partial charge in [0.05, 0.1) is 5.71 Å². The maximum absolute atomic E-state index is 5.89. The van der Waals surface area contributed by atoms with Crippen LogP contribution in [0.5, 0.6) is 0 Å². The Labute approximate surface area is 252 Å². The Bertz CT molecular complexity index is 1410. The van der Waals surface area contributed by atoms with E-state index in [0.29, 0.717) is 33.6 Å². The minimum absolute atomic E-state index is 0.388. The first-order chi connectivity index (χ1) is 19.9. The molecule has 0 aliphatic carbocycles. The van der Waals surface area contributed by atoms with E-state index >= 15 is 0 Å². The molecule has 0 heterocycles. The number of benzene rings is 4. The number of thiocarbonyl (C=S) groups is 2. The van der Waals surface area contributed by atoms with E-state index in [2.05, 4.69) is 104 Å². The van der Waals surface area contributed by atoms with Gasteiger partial charge in [-0.1, -0.05) is 66.7 Å². The predicted octanol–water partition coefficient (Wildman–Crippen LogP) is 3.86. The van der Waals surface area contributed by atoms with Crippen LogP contribution in [0.3, 0.4) is 0 Å². The highest BCUT2D eigenvalue weighted by Crippen LogP contribution is 2.54. The Morgan fingerprint density at radius 2 is 1.15 bits per heavy atom. The Morgan fingerprint density at radius 3 is 1.61 bits per heavy atom. The summed E-state index contributed by atoms with van der Waals surface area (Å²) in [6, 6.07) is 39.3. The maximum Gasteiger partial charge on any atom is 0.189 e. The molecule has 6 N–H and O–H groups in total. The average Bonchev–Trinajstić information content (AvgIpc) is 3.02. The van der Waals surface area contributed by atoms with Crippen LogP contribution in [-0.4, -0.2) is 35.0 Å². The van der Waals surface area contributed by atoms with Gasteiger partial charge in [0.2, 0.25) is 0 Å². The van der Waals surface area contributed by atoms with Gasteiger partial charge >= 0.3 is 0 Å². The third kappa shape index (κ3) is 7.52. The molecule has 0 saturated heterocycles. The third-order valence-corrected chi connectivity index (χ3v) is 11.1. The summed E-state index contributed by atoms with van der Waals surface area (Å²) >= 11 is 10.9. The smallest absolute Gasteiger partial charge is 0.189 e. The number of hydrogen-bond donors (Lipinski definition) is 5. The second-order valence-corrected chi connectivity index (χ2v) is 13.4. The Morgan fingerprint density at radius 1 is 0.683 bits per heavy atom. The molecule has 0 aliphatic rings. The summed E-state index contributed by atoms with van der Waals surface area (Å²) in [4.78, 5) is 0. The van der Waals surface area contributed by atoms with E-state index in [-0.39, 0.29) is 0 Å². The first-order valence-corrected chi connectivity index (χ1v) is 15.8. The minimum atomic E-state index is -2.11. The fourth-order valence-electron chi connectivity index (χ4n) is 4.34. The highest BCUT2D eigenvalue weighted by Gasteiger charge is 2.45. The molecule has 4 rings (SSSR count). The largest absolute Gasteiger partial charge is 0.399 e. The summed E-state index contributed by atoms with van der Waals surface area (Å²) < 4.78 is 0. The van der Waals surface area contributed by atoms with Crippen molar-refractivity contribution in [2.75, 3.05) is 19.1 Å². The molecular weight excluding hydrogens is 565 g/mol. The van der Waals surface area contributed by atoms with Crippen molar-refractivity contribution >= 4 is 74.9 Å². The Balaban J connectivity index is 1.61. The molecule has 0 atom stereocenters. The Hall–Kier alpha value is -4.17. The van der Waals surface area contributed by atoms with Gasteiger partial charge < -0.3 is 16.4 Å². The SMILES string of the molecule is CNC(=S)NN=C(C(C)=NNC(=S)NC[P+](c1ccccc1)(c1ccccc1)c1ccccc1)c1ccc(N)cc1. The number of hydrogen-bond acceptors (Lipinski definition) is 5. The second kappa shape index (κ2) is 14.5. The molecule has 0 unspecified atom stereocenters. The van der Waals surface area contributed by atoms with Crippen molar-refractivity contribution in [1.82, 2.24) is 21.5 Å². The van der Waals surface area contributed by atoms with Crippen LogP contribution in [0.25, 0.3) is 0 Å². The molecule has 0 amide bonds. The molecule has 0 aliphatic heterocycles. The molecule has 4 aromatic rings. The van der Waals surface area contributed by atoms with Crippen LogP contribution >= 0.6 is 31.7 Å². The number of anilines is 1. The van der Waals surface area contributed by atoms with Crippen molar-refractivity contribution in [2.45, 2.75) is 6.92 Å². The predicted molar refractivity (Wildman–Crippen MR) is 184 cm³/mol. The van der Waals surface area contributed by atoms with Crippen LogP contribution < -0.4 is 43.1 Å². The molecule has 10 heteroatoms. The number of nitrogens with one attached hydrogen (secondary N) is 4. The number of hydrazone groups is 2. The lowest BCUT2D eigenvalue weighted by atomic mass is 10.1. The summed E-state index contributed by atoms with van der Waals surface area (Å²) in [5, 5.41) is 19.9. The van der Waals surface area contributed by atoms with Crippen molar-refractivity contribution in [3.63, 3.8) is 0 Å². The van der Waals surface area contributed by atoms with Crippen LogP contribution in [0.1, 0.15) is 12.5 Å². The van der Waals surface area contributed by atoms with Gasteiger partial charge in [0.15, 0.2) is 10.2 Å². The van der Waals surface area contributed by atoms with E-state index in [9.17, 15) is 0 Å². The van der Waals surface area contributed by atoms with Gasteiger partial charge in [-0.15, -0.1) is 0 Å². The van der Waals surface area contributed by atoms with E-state index in [4.69, 9.17) is 30.2 Å². The highest BCUT2D eigenvalue weighted by molar-refractivity contribution is 7.95. The summed E-state index contributed by atoms with van der Waals surface area (Å²) in [6.45, 7) is 1.85. The minimum Gasteiger partial charge on any atom is -0.399 e. The molecule has 7 nitrogen and oxygen atoms in total. The second-order valence-electron chi connectivity index (χ2n) is 9.06. The Kier molecular flexibility index (Phi) is 10.5. The molecule has 0 spiro atoms. The van der Waals surface area contributed by atoms with Gasteiger partial charge in [0.25, 0.3) is 0 Å². The molecule has 0 radical (unpaired) electrons. The molecule has 0 saturated carbocycles. The summed E-state index contributed by atoms with van der Waals surface area (Å²) in [7, 11) is -0.380. The summed E-state index contributed by atoms with van der Waals surface area (Å²) in [5.41, 5.74) is 14.4. The standard InChI is InChI=1S/C31H32N7PS2/c1-23(29(36-37-30(40)33-2)24-18-20-25(32)21-19-24)35-38-31(41)34-22-39(26-12-6-3-7-13-26,27-14-8-4-9-15-27)28-16-10-5-11-17-28/h3-21H,22H2,1-2H3,(H5-,32,33,34,35,36,37,38,40,41)/p+1. The van der Waals surface area contributed by atoms with Gasteiger partial charge in [-0.2, -0.15) is 10.2 Å². The maximum atomic E-state index is 5.89. The summed E-state index contributed by atoms with van der Waals surface area (Å²) in [5.74, 6) is 0. The lowest BCUT2D eigenvalue weighted by Crippen LogP contribution is -2.42. The fourth-order valence-corrected chi connectivity index (χ4v) is 8.50. The molecule has 0 aromatic heterocycles. The first kappa shape index (κ1) is 29.8. The molecule has 208 valence electrons. The van der Waals surface area contributed by atoms with Crippen LogP contribution in [-0.2, 0) is 0 Å². The molecule has 41 heavy (non-hydrogen) atoms. The van der Waals surface area contributed by atoms with Gasteiger partial charge in [-0.3, -0.25) is 10.9 Å². The number of nitrogen functional groups attached to an aromatic ring is 1. The van der Waals surface area contributed by atoms with Gasteiger partial charge in [-0.05, 0) is 79.9 Å². The molecule has 0 fully saturated rings. The van der Waals surface area contributed by atoms with Crippen LogP contribution in [0.4, 0.5) is 5.69 Å². The number of nitrogens with two attached hydrogens (primary N) is 1. The normalized spacial score (nSPS) is 11.9. The lowest BCUT2D eigenvalue weighted by Gasteiger charge is -2.28. The zero-order valence-corrected chi connectivity index (χ0v) is 25.4. The van der Waals surface area contributed by atoms with Crippen molar-refractivity contribution < 1.29 is 0 Å². The average molecular weight is 599 g/mol. The van der Waals surface area contributed by atoms with Crippen LogP contribution in [0.15, 0.2) is 125 Å². The lowest BCUT2D eigenvalue weighted by molar-refractivity contribution is 0.957. The van der Waals surface area contributed by atoms with Crippen molar-refractivity contribution in [1.29, 1.82) is 0 Å². The van der Waals surface area contributed by atoms with Crippen LogP contribution in [0, 0.1) is 0 Å². The van der Waals surface area contributed by atoms with Crippen molar-refractivity contribution in [3.8, 4) is 0 Å². The van der Waals surface area contributed by atoms with Gasteiger partial charge in [-0.25, -0.2) is 0 Å². The third-order valence-electron chi connectivity index (χ3n) is 6.42.